The summed E-state index contributed by atoms with van der Waals surface area (Å²) in [5, 5.41) is 0. The van der Waals surface area contributed by atoms with E-state index < -0.39 is 15.6 Å². The average molecular weight is 334 g/mol. The number of hydrogen-bond acceptors (Lipinski definition) is 11. The second kappa shape index (κ2) is 25.1. The van der Waals surface area contributed by atoms with Gasteiger partial charge >= 0.3 is 118 Å². The van der Waals surface area contributed by atoms with Crippen molar-refractivity contribution in [1.82, 2.24) is 24.6 Å². The van der Waals surface area contributed by atoms with Gasteiger partial charge in [0.2, 0.25) is 0 Å². The second-order valence-corrected chi connectivity index (χ2v) is 3.42. The molecule has 88 valence electrons. The van der Waals surface area contributed by atoms with E-state index in [1.807, 2.05) is 0 Å². The molecule has 0 heterocycles. The van der Waals surface area contributed by atoms with Crippen molar-refractivity contribution < 1.29 is 151 Å². The molecule has 17 heavy (non-hydrogen) atoms. The van der Waals surface area contributed by atoms with Gasteiger partial charge in [-0.25, -0.2) is 0 Å². The van der Waals surface area contributed by atoms with Gasteiger partial charge in [-0.05, 0) is 0 Å². The zero-order valence-corrected chi connectivity index (χ0v) is 20.4. The van der Waals surface area contributed by atoms with Crippen LogP contribution in [-0.2, 0) is 13.4 Å². The summed E-state index contributed by atoms with van der Waals surface area (Å²) < 4.78 is 21.2. The van der Waals surface area contributed by atoms with Gasteiger partial charge in [0.25, 0.3) is 0 Å². The van der Waals surface area contributed by atoms with Gasteiger partial charge in [-0.3, -0.25) is 0 Å². The first-order chi connectivity index (χ1) is 3.71. The summed E-state index contributed by atoms with van der Waals surface area (Å²) in [5.41, 5.74) is 0. The van der Waals surface area contributed by atoms with Gasteiger partial charge in [0.1, 0.15) is 0 Å². The maximum atomic E-state index is 9.32. The molecule has 0 aromatic heterocycles. The third kappa shape index (κ3) is 64.6. The predicted molar refractivity (Wildman–Crippen MR) is 36.4 cm³/mol. The molecule has 0 bridgehead atoms. The molecule has 0 unspecified atom stereocenters. The van der Waals surface area contributed by atoms with Gasteiger partial charge < -0.3 is 57.6 Å². The van der Waals surface area contributed by atoms with Crippen molar-refractivity contribution in [2.45, 2.75) is 0 Å². The third-order valence-electron chi connectivity index (χ3n) is 0.200. The molecule has 0 saturated heterocycles. The Labute approximate surface area is 188 Å². The Balaban J connectivity index is -0.0000000114. The van der Waals surface area contributed by atoms with Crippen molar-refractivity contribution in [3.8, 4) is 0 Å². The Hall–Kier alpha value is 4.10. The monoisotopic (exact) mass is 334 g/mol. The van der Waals surface area contributed by atoms with Crippen LogP contribution in [0.5, 0.6) is 0 Å². The Kier molecular flexibility index (Phi) is 85.9. The van der Waals surface area contributed by atoms with Crippen molar-refractivity contribution >= 4 is 15.6 Å². The van der Waals surface area contributed by atoms with Crippen molar-refractivity contribution in [2.75, 3.05) is 0 Å². The standard InChI is InChI=1S/4H3N.4Na.H4O7P2/c;;;;;;;;1-8(2,3)7-9(4,5)6/h4*1H3;;;;;(H2,1,2,3)(H2,4,5,6)/q;;;;4*+1;/p-4. The molecule has 0 spiro atoms. The van der Waals surface area contributed by atoms with Gasteiger partial charge in [-0.1, -0.05) is 0 Å². The zero-order valence-electron chi connectivity index (χ0n) is 10.6. The molecule has 11 nitrogen and oxygen atoms in total. The van der Waals surface area contributed by atoms with Crippen molar-refractivity contribution in [3.05, 3.63) is 0 Å². The summed E-state index contributed by atoms with van der Waals surface area (Å²) >= 11 is 0. The molecule has 17 heteroatoms. The largest absolute Gasteiger partial charge is 1.00 e. The fourth-order valence-electron chi connectivity index (χ4n) is 0.122. The number of hydrogen-bond donors (Lipinski definition) is 4. The first-order valence-electron chi connectivity index (χ1n) is 1.46. The van der Waals surface area contributed by atoms with Crippen LogP contribution in [0.2, 0.25) is 0 Å². The third-order valence-corrected chi connectivity index (χ3v) is 1.80. The first kappa shape index (κ1) is 58.2. The molecule has 0 amide bonds. The van der Waals surface area contributed by atoms with Gasteiger partial charge in [-0.15, -0.1) is 0 Å². The number of rotatable bonds is 2. The van der Waals surface area contributed by atoms with E-state index >= 15 is 0 Å². The summed E-state index contributed by atoms with van der Waals surface area (Å²) in [4.78, 5) is 37.3. The Morgan fingerprint density at radius 2 is 0.706 bits per heavy atom. The molecular weight excluding hydrogens is 322 g/mol. The summed E-state index contributed by atoms with van der Waals surface area (Å²) in [7, 11) is -11.4. The molecule has 0 radical (unpaired) electrons. The molecule has 0 aliphatic rings. The molecular formula is H12N4Na4O7P2. The Morgan fingerprint density at radius 3 is 0.706 bits per heavy atom. The molecule has 0 aliphatic heterocycles. The van der Waals surface area contributed by atoms with Crippen LogP contribution in [0, 0.1) is 0 Å². The predicted octanol–water partition coefficient (Wildman–Crippen LogP) is -14.7. The van der Waals surface area contributed by atoms with E-state index in [0.29, 0.717) is 0 Å². The van der Waals surface area contributed by atoms with Crippen LogP contribution >= 0.6 is 15.6 Å². The molecule has 0 atom stereocenters. The Morgan fingerprint density at radius 1 is 0.588 bits per heavy atom. The number of phosphoric acid groups is 2. The average Bonchev–Trinajstić information content (AvgIpc) is 1.14. The van der Waals surface area contributed by atoms with Crippen molar-refractivity contribution in [1.29, 1.82) is 0 Å². The smallest absolute Gasteiger partial charge is 0.790 e. The summed E-state index contributed by atoms with van der Waals surface area (Å²) in [6.07, 6.45) is 0. The maximum absolute atomic E-state index is 9.32. The van der Waals surface area contributed by atoms with Crippen molar-refractivity contribution in [2.24, 2.45) is 0 Å². The van der Waals surface area contributed by atoms with Gasteiger partial charge in [-0.2, -0.15) is 0 Å². The van der Waals surface area contributed by atoms with E-state index in [4.69, 9.17) is 0 Å². The summed E-state index contributed by atoms with van der Waals surface area (Å²) in [6.45, 7) is 0. The topological polar surface area (TPSA) is 276 Å². The Bertz CT molecular complexity index is 172. The van der Waals surface area contributed by atoms with Crippen LogP contribution in [0.1, 0.15) is 0 Å². The molecule has 0 aromatic rings. The van der Waals surface area contributed by atoms with Gasteiger partial charge in [0, 0.05) is 0 Å². The summed E-state index contributed by atoms with van der Waals surface area (Å²) in [5.74, 6) is 0. The minimum atomic E-state index is -5.68. The maximum Gasteiger partial charge on any atom is 1.00 e. The van der Waals surface area contributed by atoms with Crippen molar-refractivity contribution in [3.63, 3.8) is 0 Å². The minimum absolute atomic E-state index is 0. The van der Waals surface area contributed by atoms with E-state index in [0.717, 1.165) is 0 Å². The van der Waals surface area contributed by atoms with Crippen LogP contribution in [0.4, 0.5) is 0 Å². The van der Waals surface area contributed by atoms with E-state index in [1.165, 1.54) is 0 Å². The van der Waals surface area contributed by atoms with Crippen LogP contribution in [-0.4, -0.2) is 0 Å². The minimum Gasteiger partial charge on any atom is -0.790 e. The van der Waals surface area contributed by atoms with Gasteiger partial charge in [0.05, 0.1) is 15.6 Å². The molecule has 0 rings (SSSR count). The van der Waals surface area contributed by atoms with E-state index in [-0.39, 0.29) is 143 Å². The molecule has 0 aliphatic carbocycles. The van der Waals surface area contributed by atoms with Crippen LogP contribution in [0.3, 0.4) is 0 Å². The molecule has 12 N–H and O–H groups in total. The molecule has 0 saturated carbocycles. The van der Waals surface area contributed by atoms with Crippen LogP contribution in [0.25, 0.3) is 0 Å². The normalized spacial score (nSPS) is 7.29. The van der Waals surface area contributed by atoms with Crippen LogP contribution in [0.15, 0.2) is 0 Å². The quantitative estimate of drug-likeness (QED) is 0.271. The zero-order chi connectivity index (χ0) is 7.71. The SMILES string of the molecule is N.N.N.N.O=P([O-])([O-])OP(=O)([O-])[O-].[Na+].[Na+].[Na+].[Na+]. The fraction of sp³-hybridized carbons (Fsp3) is 0. The molecule has 0 fully saturated rings. The van der Waals surface area contributed by atoms with E-state index in [2.05, 4.69) is 4.31 Å². The molecule has 0 aromatic carbocycles. The van der Waals surface area contributed by atoms with Gasteiger partial charge in [0.15, 0.2) is 0 Å². The van der Waals surface area contributed by atoms with Crippen LogP contribution < -0.4 is 162 Å². The van der Waals surface area contributed by atoms with E-state index in [9.17, 15) is 28.7 Å². The fourth-order valence-corrected chi connectivity index (χ4v) is 1.10. The first-order valence-corrected chi connectivity index (χ1v) is 4.38. The second-order valence-electron chi connectivity index (χ2n) is 0.976. The van der Waals surface area contributed by atoms with E-state index in [1.54, 1.807) is 0 Å². The summed E-state index contributed by atoms with van der Waals surface area (Å²) in [6, 6.07) is 0.